The Morgan fingerprint density at radius 2 is 1.33 bits per heavy atom. The van der Waals surface area contributed by atoms with Gasteiger partial charge in [0, 0.05) is 32.7 Å². The van der Waals surface area contributed by atoms with Gasteiger partial charge < -0.3 is 14.6 Å². The van der Waals surface area contributed by atoms with Gasteiger partial charge in [-0.15, -0.1) is 0 Å². The largest absolute Gasteiger partial charge is 0.504 e. The van der Waals surface area contributed by atoms with Crippen LogP contribution in [0.2, 0.25) is 0 Å². The molecule has 0 fully saturated rings. The molecule has 4 heteroatoms. The summed E-state index contributed by atoms with van der Waals surface area (Å²) in [5, 5.41) is 9.91. The molecule has 0 bridgehead atoms. The van der Waals surface area contributed by atoms with E-state index >= 15 is 0 Å². The third-order valence-corrected chi connectivity index (χ3v) is 4.35. The maximum absolute atomic E-state index is 9.91. The van der Waals surface area contributed by atoms with E-state index in [1.165, 1.54) is 5.56 Å². The zero-order valence-electron chi connectivity index (χ0n) is 16.7. The van der Waals surface area contributed by atoms with E-state index in [1.807, 2.05) is 43.4 Å². The maximum atomic E-state index is 9.91. The van der Waals surface area contributed by atoms with Gasteiger partial charge in [0.2, 0.25) is 0 Å². The number of benzene rings is 2. The van der Waals surface area contributed by atoms with E-state index in [-0.39, 0.29) is 38.5 Å². The monoisotopic (exact) mass is 439 g/mol. The molecule has 0 heterocycles. The van der Waals surface area contributed by atoms with E-state index in [9.17, 15) is 5.11 Å². The van der Waals surface area contributed by atoms with Crippen molar-refractivity contribution in [2.24, 2.45) is 0 Å². The molecule has 0 saturated carbocycles. The summed E-state index contributed by atoms with van der Waals surface area (Å²) in [6.45, 7) is 10.0. The summed E-state index contributed by atoms with van der Waals surface area (Å²) in [6, 6.07) is 7.84. The zero-order valence-corrected chi connectivity index (χ0v) is 19.5. The molecular weight excluding hydrogens is 413 g/mol. The number of phenols is 1. The number of aromatic hydroxyl groups is 1. The molecule has 2 aromatic rings. The van der Waals surface area contributed by atoms with Crippen molar-refractivity contribution >= 4 is 12.2 Å². The van der Waals surface area contributed by atoms with Crippen LogP contribution in [0.15, 0.2) is 48.6 Å². The number of hydrogen-bond acceptors (Lipinski definition) is 3. The Bertz CT molecular complexity index is 808. The number of phenolic OH excluding ortho intramolecular Hbond substituents is 1. The minimum Gasteiger partial charge on any atom is -0.504 e. The van der Waals surface area contributed by atoms with Crippen LogP contribution in [0.4, 0.5) is 0 Å². The van der Waals surface area contributed by atoms with Gasteiger partial charge in [-0.3, -0.25) is 0 Å². The van der Waals surface area contributed by atoms with E-state index in [1.54, 1.807) is 20.3 Å². The van der Waals surface area contributed by atoms with Crippen LogP contribution in [-0.2, 0) is 32.7 Å². The number of allylic oxidation sites excluding steroid dienone is 3. The first-order chi connectivity index (χ1) is 12.3. The molecule has 0 aliphatic heterocycles. The summed E-state index contributed by atoms with van der Waals surface area (Å²) < 4.78 is 10.6. The molecule has 0 aliphatic carbocycles. The first-order valence-electron chi connectivity index (χ1n) is 8.43. The van der Waals surface area contributed by atoms with Crippen molar-refractivity contribution in [1.29, 1.82) is 0 Å². The van der Waals surface area contributed by atoms with Gasteiger partial charge in [0.1, 0.15) is 5.75 Å². The van der Waals surface area contributed by atoms with Crippen molar-refractivity contribution in [2.75, 3.05) is 14.2 Å². The maximum Gasteiger partial charge on any atom is 0.161 e. The fourth-order valence-electron chi connectivity index (χ4n) is 2.65. The Balaban J connectivity index is 0.00000364. The standard InChI is InChI=1S/C23H26O3.Y/c1-15(7-9-19-11-16(2)18(4)21(13-19)25-5)8-10-20-12-17(3)23(24)22(14-20)26-6;/h7-14,24H,1H2,2-6H3;/b9-7+,10-8+;. The molecule has 2 aromatic carbocycles. The minimum absolute atomic E-state index is 0. The van der Waals surface area contributed by atoms with Gasteiger partial charge in [-0.25, -0.2) is 0 Å². The number of hydrogen-bond donors (Lipinski definition) is 1. The normalized spacial score (nSPS) is 10.9. The third kappa shape index (κ3) is 6.09. The van der Waals surface area contributed by atoms with Crippen LogP contribution < -0.4 is 9.47 Å². The van der Waals surface area contributed by atoms with Gasteiger partial charge in [0.15, 0.2) is 11.5 Å². The average Bonchev–Trinajstić information content (AvgIpc) is 2.63. The molecular formula is C23H26O3Y. The molecule has 0 saturated heterocycles. The molecule has 0 aliphatic rings. The van der Waals surface area contributed by atoms with Gasteiger partial charge in [0.25, 0.3) is 0 Å². The Morgan fingerprint density at radius 1 is 0.852 bits per heavy atom. The van der Waals surface area contributed by atoms with Crippen LogP contribution in [0.3, 0.4) is 0 Å². The Labute approximate surface area is 187 Å². The van der Waals surface area contributed by atoms with Crippen LogP contribution >= 0.6 is 0 Å². The quantitative estimate of drug-likeness (QED) is 0.595. The molecule has 1 N–H and O–H groups in total. The van der Waals surface area contributed by atoms with E-state index < -0.39 is 0 Å². The second kappa shape index (κ2) is 10.5. The SMILES string of the molecule is C=C(/C=C/c1cc(C)c(C)c(OC)c1)/C=C/c1cc(C)c(O)c(OC)c1.[Y]. The average molecular weight is 439 g/mol. The molecule has 27 heavy (non-hydrogen) atoms. The smallest absolute Gasteiger partial charge is 0.161 e. The van der Waals surface area contributed by atoms with Crippen LogP contribution in [0, 0.1) is 20.8 Å². The topological polar surface area (TPSA) is 38.7 Å². The zero-order chi connectivity index (χ0) is 19.3. The Kier molecular flexibility index (Phi) is 9.01. The fraction of sp³-hybridized carbons (Fsp3) is 0.217. The summed E-state index contributed by atoms with van der Waals surface area (Å²) in [4.78, 5) is 0. The minimum atomic E-state index is 0. The third-order valence-electron chi connectivity index (χ3n) is 4.35. The van der Waals surface area contributed by atoms with E-state index in [0.717, 1.165) is 33.6 Å². The number of methoxy groups -OCH3 is 2. The van der Waals surface area contributed by atoms with Crippen LogP contribution in [0.25, 0.3) is 12.2 Å². The van der Waals surface area contributed by atoms with E-state index in [0.29, 0.717) is 5.75 Å². The predicted molar refractivity (Wildman–Crippen MR) is 109 cm³/mol. The van der Waals surface area contributed by atoms with Gasteiger partial charge in [0.05, 0.1) is 14.2 Å². The summed E-state index contributed by atoms with van der Waals surface area (Å²) in [5.41, 5.74) is 6.00. The molecule has 2 rings (SSSR count). The van der Waals surface area contributed by atoms with Gasteiger partial charge in [-0.1, -0.05) is 36.9 Å². The van der Waals surface area contributed by atoms with Gasteiger partial charge >= 0.3 is 0 Å². The molecule has 0 unspecified atom stereocenters. The van der Waals surface area contributed by atoms with Crippen molar-refractivity contribution in [3.8, 4) is 17.2 Å². The van der Waals surface area contributed by atoms with Gasteiger partial charge in [-0.05, 0) is 72.4 Å². The Morgan fingerprint density at radius 3 is 1.85 bits per heavy atom. The van der Waals surface area contributed by atoms with Crippen LogP contribution in [0.5, 0.6) is 17.2 Å². The number of rotatable bonds is 6. The first kappa shape index (κ1) is 23.2. The summed E-state index contributed by atoms with van der Waals surface area (Å²) in [7, 11) is 3.23. The van der Waals surface area contributed by atoms with E-state index in [4.69, 9.17) is 9.47 Å². The molecule has 1 radical (unpaired) electrons. The van der Waals surface area contributed by atoms with Crippen molar-refractivity contribution < 1.29 is 47.3 Å². The van der Waals surface area contributed by atoms with E-state index in [2.05, 4.69) is 26.5 Å². The number of ether oxygens (including phenoxy) is 2. The molecule has 3 nitrogen and oxygen atoms in total. The molecule has 0 aromatic heterocycles. The van der Waals surface area contributed by atoms with Crippen molar-refractivity contribution in [1.82, 2.24) is 0 Å². The van der Waals surface area contributed by atoms with Crippen molar-refractivity contribution in [3.63, 3.8) is 0 Å². The summed E-state index contributed by atoms with van der Waals surface area (Å²) >= 11 is 0. The van der Waals surface area contributed by atoms with Crippen molar-refractivity contribution in [2.45, 2.75) is 20.8 Å². The Hall–Kier alpha value is -1.84. The second-order valence-electron chi connectivity index (χ2n) is 6.30. The summed E-state index contributed by atoms with van der Waals surface area (Å²) in [5.74, 6) is 1.53. The summed E-state index contributed by atoms with van der Waals surface area (Å²) in [6.07, 6.45) is 7.86. The molecule has 139 valence electrons. The van der Waals surface area contributed by atoms with Crippen LogP contribution in [-0.4, -0.2) is 19.3 Å². The van der Waals surface area contributed by atoms with Gasteiger partial charge in [-0.2, -0.15) is 0 Å². The fourth-order valence-corrected chi connectivity index (χ4v) is 2.65. The van der Waals surface area contributed by atoms with Crippen molar-refractivity contribution in [3.05, 3.63) is 76.4 Å². The number of aryl methyl sites for hydroxylation is 2. The first-order valence-corrected chi connectivity index (χ1v) is 8.43. The van der Waals surface area contributed by atoms with Crippen LogP contribution in [0.1, 0.15) is 27.8 Å². The molecule has 0 amide bonds. The second-order valence-corrected chi connectivity index (χ2v) is 6.30. The predicted octanol–water partition coefficient (Wildman–Crippen LogP) is 5.61. The molecule has 0 atom stereocenters. The molecule has 0 spiro atoms.